The Bertz CT molecular complexity index is 857. The van der Waals surface area contributed by atoms with Gasteiger partial charge in [0.05, 0.1) is 16.9 Å². The molecule has 0 spiro atoms. The van der Waals surface area contributed by atoms with Gasteiger partial charge in [0.25, 0.3) is 0 Å². The molecule has 2 aromatic rings. The molecule has 2 aromatic heterocycles. The zero-order valence-corrected chi connectivity index (χ0v) is 16.9. The Kier molecular flexibility index (Phi) is 5.16. The van der Waals surface area contributed by atoms with E-state index in [1.165, 1.54) is 6.26 Å². The van der Waals surface area contributed by atoms with E-state index in [4.69, 9.17) is 4.42 Å². The average molecular weight is 408 g/mol. The minimum atomic E-state index is -3.26. The Balaban J connectivity index is 1.43. The van der Waals surface area contributed by atoms with Gasteiger partial charge in [-0.3, -0.25) is 4.79 Å². The Morgan fingerprint density at radius 1 is 1.19 bits per heavy atom. The van der Waals surface area contributed by atoms with E-state index in [1.807, 2.05) is 16.3 Å². The molecule has 2 aliphatic rings. The Morgan fingerprint density at radius 2 is 1.93 bits per heavy atom. The van der Waals surface area contributed by atoms with Crippen molar-refractivity contribution in [1.29, 1.82) is 0 Å². The first-order valence-corrected chi connectivity index (χ1v) is 12.2. The highest BCUT2D eigenvalue weighted by atomic mass is 32.2. The van der Waals surface area contributed by atoms with Gasteiger partial charge in [-0.2, -0.15) is 0 Å². The van der Waals surface area contributed by atoms with Crippen LogP contribution in [0.3, 0.4) is 0 Å². The van der Waals surface area contributed by atoms with Crippen molar-refractivity contribution in [3.05, 3.63) is 46.5 Å². The fraction of sp³-hybridized carbons (Fsp3) is 0.550. The van der Waals surface area contributed by atoms with Crippen LogP contribution in [0.1, 0.15) is 49.2 Å². The topological polar surface area (TPSA) is 67.6 Å². The number of carbonyl (C=O) groups is 1. The van der Waals surface area contributed by atoms with E-state index in [-0.39, 0.29) is 17.1 Å². The van der Waals surface area contributed by atoms with Crippen molar-refractivity contribution < 1.29 is 17.6 Å². The first-order valence-electron chi connectivity index (χ1n) is 9.59. The standard InChI is InChI=1S/C20H25NO4S2/c22-19(20(9-1-2-10-20)18-6-4-14-26-18)21-11-7-17(8-12-21)27(23,24)15-16-5-3-13-25-16/h3-6,13-14,17H,1-2,7-12,15H2. The van der Waals surface area contributed by atoms with E-state index in [0.717, 1.165) is 30.6 Å². The second-order valence-corrected chi connectivity index (χ2v) is 10.9. The largest absolute Gasteiger partial charge is 0.468 e. The molecule has 3 heterocycles. The van der Waals surface area contributed by atoms with Crippen LogP contribution in [0, 0.1) is 0 Å². The molecule has 0 bridgehead atoms. The molecule has 0 atom stereocenters. The molecule has 27 heavy (non-hydrogen) atoms. The zero-order valence-electron chi connectivity index (χ0n) is 15.3. The summed E-state index contributed by atoms with van der Waals surface area (Å²) in [5.74, 6) is 0.623. The summed E-state index contributed by atoms with van der Waals surface area (Å²) in [6, 6.07) is 7.49. The first-order chi connectivity index (χ1) is 13.0. The number of likely N-dealkylation sites (tertiary alicyclic amines) is 1. The summed E-state index contributed by atoms with van der Waals surface area (Å²) in [6.07, 6.45) is 6.49. The first kappa shape index (κ1) is 18.7. The number of nitrogens with zero attached hydrogens (tertiary/aromatic N) is 1. The molecule has 1 saturated carbocycles. The molecule has 0 aromatic carbocycles. The predicted molar refractivity (Wildman–Crippen MR) is 105 cm³/mol. The number of thiophene rings is 1. The molecule has 146 valence electrons. The van der Waals surface area contributed by atoms with E-state index < -0.39 is 15.1 Å². The molecule has 5 nitrogen and oxygen atoms in total. The van der Waals surface area contributed by atoms with Crippen LogP contribution in [0.25, 0.3) is 0 Å². The lowest BCUT2D eigenvalue weighted by molar-refractivity contribution is -0.138. The van der Waals surface area contributed by atoms with Crippen LogP contribution in [-0.4, -0.2) is 37.6 Å². The van der Waals surface area contributed by atoms with E-state index in [1.54, 1.807) is 23.5 Å². The molecule has 0 unspecified atom stereocenters. The van der Waals surface area contributed by atoms with Crippen molar-refractivity contribution in [2.24, 2.45) is 0 Å². The lowest BCUT2D eigenvalue weighted by Gasteiger charge is -2.38. The lowest BCUT2D eigenvalue weighted by Crippen LogP contribution is -2.50. The zero-order chi connectivity index (χ0) is 18.9. The second-order valence-electron chi connectivity index (χ2n) is 7.64. The van der Waals surface area contributed by atoms with Crippen molar-refractivity contribution in [3.8, 4) is 0 Å². The fourth-order valence-electron chi connectivity index (χ4n) is 4.53. The van der Waals surface area contributed by atoms with E-state index >= 15 is 0 Å². The third kappa shape index (κ3) is 3.59. The molecule has 2 fully saturated rings. The average Bonchev–Trinajstić information content (AvgIpc) is 3.42. The lowest BCUT2D eigenvalue weighted by atomic mass is 9.82. The SMILES string of the molecule is O=C(N1CCC(S(=O)(=O)Cc2ccco2)CC1)C1(c2cccs2)CCCC1. The van der Waals surface area contributed by atoms with Gasteiger partial charge in [0.15, 0.2) is 9.84 Å². The van der Waals surface area contributed by atoms with Crippen LogP contribution >= 0.6 is 11.3 Å². The van der Waals surface area contributed by atoms with Crippen molar-refractivity contribution in [3.63, 3.8) is 0 Å². The maximum absolute atomic E-state index is 13.4. The molecule has 7 heteroatoms. The summed E-state index contributed by atoms with van der Waals surface area (Å²) in [5.41, 5.74) is -0.381. The Hall–Kier alpha value is -1.60. The monoisotopic (exact) mass is 407 g/mol. The van der Waals surface area contributed by atoms with Gasteiger partial charge in [0, 0.05) is 18.0 Å². The fourth-order valence-corrected chi connectivity index (χ4v) is 7.23. The number of amides is 1. The van der Waals surface area contributed by atoms with Gasteiger partial charge in [0.2, 0.25) is 5.91 Å². The summed E-state index contributed by atoms with van der Waals surface area (Å²) in [5, 5.41) is 1.64. The molecule has 1 aliphatic carbocycles. The molecule has 1 saturated heterocycles. The second kappa shape index (κ2) is 7.43. The van der Waals surface area contributed by atoms with Gasteiger partial charge < -0.3 is 9.32 Å². The number of rotatable bonds is 5. The third-order valence-corrected chi connectivity index (χ3v) is 9.27. The van der Waals surface area contributed by atoms with Crippen molar-refractivity contribution in [1.82, 2.24) is 4.90 Å². The number of piperidine rings is 1. The normalized spacial score (nSPS) is 20.8. The summed E-state index contributed by atoms with van der Waals surface area (Å²) in [6.45, 7) is 1.04. The summed E-state index contributed by atoms with van der Waals surface area (Å²) >= 11 is 1.66. The van der Waals surface area contributed by atoms with Gasteiger partial charge in [-0.25, -0.2) is 8.42 Å². The molecular formula is C20H25NO4S2. The van der Waals surface area contributed by atoms with Crippen LogP contribution < -0.4 is 0 Å². The highest BCUT2D eigenvalue weighted by Crippen LogP contribution is 2.45. The Labute approximate surface area is 164 Å². The quantitative estimate of drug-likeness (QED) is 0.757. The molecule has 1 amide bonds. The number of furan rings is 1. The van der Waals surface area contributed by atoms with Crippen LogP contribution in [0.15, 0.2) is 40.3 Å². The van der Waals surface area contributed by atoms with Gasteiger partial charge in [-0.1, -0.05) is 18.9 Å². The highest BCUT2D eigenvalue weighted by molar-refractivity contribution is 7.91. The number of hydrogen-bond acceptors (Lipinski definition) is 5. The summed E-state index contributed by atoms with van der Waals surface area (Å²) in [4.78, 5) is 16.5. The van der Waals surface area contributed by atoms with E-state index in [0.29, 0.717) is 31.7 Å². The number of carbonyl (C=O) groups excluding carboxylic acids is 1. The maximum Gasteiger partial charge on any atom is 0.234 e. The van der Waals surface area contributed by atoms with Crippen LogP contribution in [0.5, 0.6) is 0 Å². The van der Waals surface area contributed by atoms with Crippen molar-refractivity contribution in [2.75, 3.05) is 13.1 Å². The molecular weight excluding hydrogens is 382 g/mol. The minimum Gasteiger partial charge on any atom is -0.468 e. The van der Waals surface area contributed by atoms with Gasteiger partial charge in [-0.15, -0.1) is 11.3 Å². The van der Waals surface area contributed by atoms with E-state index in [2.05, 4.69) is 6.07 Å². The maximum atomic E-state index is 13.4. The molecule has 0 N–H and O–H groups in total. The molecule has 0 radical (unpaired) electrons. The predicted octanol–water partition coefficient (Wildman–Crippen LogP) is 3.76. The van der Waals surface area contributed by atoms with Gasteiger partial charge in [-0.05, 0) is 49.3 Å². The highest BCUT2D eigenvalue weighted by Gasteiger charge is 2.46. The number of sulfone groups is 1. The van der Waals surface area contributed by atoms with Crippen molar-refractivity contribution >= 4 is 27.1 Å². The van der Waals surface area contributed by atoms with Crippen LogP contribution in [0.2, 0.25) is 0 Å². The summed E-state index contributed by atoms with van der Waals surface area (Å²) < 4.78 is 30.5. The van der Waals surface area contributed by atoms with Crippen LogP contribution in [0.4, 0.5) is 0 Å². The van der Waals surface area contributed by atoms with E-state index in [9.17, 15) is 13.2 Å². The van der Waals surface area contributed by atoms with Gasteiger partial charge >= 0.3 is 0 Å². The van der Waals surface area contributed by atoms with Gasteiger partial charge in [0.1, 0.15) is 11.5 Å². The minimum absolute atomic E-state index is 0.0578. The molecule has 4 rings (SSSR count). The smallest absolute Gasteiger partial charge is 0.234 e. The Morgan fingerprint density at radius 3 is 2.52 bits per heavy atom. The van der Waals surface area contributed by atoms with Crippen molar-refractivity contribution in [2.45, 2.75) is 54.9 Å². The number of hydrogen-bond donors (Lipinski definition) is 0. The third-order valence-electron chi connectivity index (χ3n) is 6.02. The van der Waals surface area contributed by atoms with Crippen LogP contribution in [-0.2, 0) is 25.8 Å². The summed E-state index contributed by atoms with van der Waals surface area (Å²) in [7, 11) is -3.26. The molecule has 1 aliphatic heterocycles.